The summed E-state index contributed by atoms with van der Waals surface area (Å²) in [5.74, 6) is 0. The second-order valence-corrected chi connectivity index (χ2v) is 8.18. The predicted molar refractivity (Wildman–Crippen MR) is 79.3 cm³/mol. The van der Waals surface area contributed by atoms with Gasteiger partial charge >= 0.3 is 0 Å². The van der Waals surface area contributed by atoms with Gasteiger partial charge in [-0.15, -0.1) is 11.3 Å². The first-order chi connectivity index (χ1) is 8.38. The Morgan fingerprint density at radius 3 is 2.44 bits per heavy atom. The SMILES string of the molecule is O=S(=O)(Nc1ccc(Cl)c(Br)c1)c1ccc(Cl)s1. The molecule has 0 spiro atoms. The van der Waals surface area contributed by atoms with E-state index in [-0.39, 0.29) is 4.21 Å². The maximum atomic E-state index is 12.0. The fraction of sp³-hybridized carbons (Fsp3) is 0. The Hall–Kier alpha value is -0.270. The Kier molecular flexibility index (Phi) is 4.23. The zero-order valence-electron chi connectivity index (χ0n) is 8.65. The molecule has 0 fully saturated rings. The van der Waals surface area contributed by atoms with Crippen molar-refractivity contribution < 1.29 is 8.42 Å². The Morgan fingerprint density at radius 1 is 1.17 bits per heavy atom. The summed E-state index contributed by atoms with van der Waals surface area (Å²) < 4.78 is 27.7. The minimum absolute atomic E-state index is 0.165. The molecule has 2 rings (SSSR count). The molecule has 0 saturated carbocycles. The van der Waals surface area contributed by atoms with Crippen molar-refractivity contribution in [3.8, 4) is 0 Å². The molecule has 0 aliphatic heterocycles. The molecule has 1 N–H and O–H groups in total. The van der Waals surface area contributed by atoms with Gasteiger partial charge in [-0.1, -0.05) is 23.2 Å². The van der Waals surface area contributed by atoms with Crippen molar-refractivity contribution in [2.75, 3.05) is 4.72 Å². The number of nitrogens with one attached hydrogen (secondary N) is 1. The van der Waals surface area contributed by atoms with Crippen LogP contribution in [0.4, 0.5) is 5.69 Å². The standard InChI is InChI=1S/C10H6BrCl2NO2S2/c11-7-5-6(1-2-8(7)12)14-18(15,16)10-4-3-9(13)17-10/h1-5,14H. The van der Waals surface area contributed by atoms with Gasteiger partial charge in [-0.2, -0.15) is 0 Å². The van der Waals surface area contributed by atoms with E-state index in [4.69, 9.17) is 23.2 Å². The number of rotatable bonds is 3. The van der Waals surface area contributed by atoms with E-state index in [1.165, 1.54) is 6.07 Å². The number of benzene rings is 1. The number of halogens is 3. The van der Waals surface area contributed by atoms with Crippen molar-refractivity contribution in [3.63, 3.8) is 0 Å². The molecule has 1 heterocycles. The number of thiophene rings is 1. The molecule has 1 aromatic carbocycles. The van der Waals surface area contributed by atoms with Crippen LogP contribution in [0, 0.1) is 0 Å². The van der Waals surface area contributed by atoms with E-state index >= 15 is 0 Å². The lowest BCUT2D eigenvalue weighted by Gasteiger charge is -2.07. The van der Waals surface area contributed by atoms with E-state index in [9.17, 15) is 8.42 Å². The summed E-state index contributed by atoms with van der Waals surface area (Å²) in [5, 5.41) is 0.511. The van der Waals surface area contributed by atoms with Crippen molar-refractivity contribution in [1.82, 2.24) is 0 Å². The first-order valence-corrected chi connectivity index (χ1v) is 8.46. The first-order valence-electron chi connectivity index (χ1n) is 4.62. The predicted octanol–water partition coefficient (Wildman–Crippen LogP) is 4.62. The molecule has 0 saturated heterocycles. The van der Waals surface area contributed by atoms with E-state index < -0.39 is 10.0 Å². The van der Waals surface area contributed by atoms with Crippen LogP contribution in [0.5, 0.6) is 0 Å². The van der Waals surface area contributed by atoms with Crippen molar-refractivity contribution in [2.45, 2.75) is 4.21 Å². The van der Waals surface area contributed by atoms with Crippen molar-refractivity contribution in [1.29, 1.82) is 0 Å². The van der Waals surface area contributed by atoms with Gasteiger partial charge in [-0.25, -0.2) is 8.42 Å². The zero-order chi connectivity index (χ0) is 13.3. The van der Waals surface area contributed by atoms with Gasteiger partial charge in [0, 0.05) is 4.47 Å². The second-order valence-electron chi connectivity index (χ2n) is 3.29. The first kappa shape index (κ1) is 14.1. The quantitative estimate of drug-likeness (QED) is 0.836. The largest absolute Gasteiger partial charge is 0.279 e. The summed E-state index contributed by atoms with van der Waals surface area (Å²) in [4.78, 5) is 0. The summed E-state index contributed by atoms with van der Waals surface area (Å²) >= 11 is 15.8. The van der Waals surface area contributed by atoms with Gasteiger partial charge in [-0.3, -0.25) is 4.72 Å². The molecule has 0 atom stereocenters. The maximum absolute atomic E-state index is 12.0. The van der Waals surface area contributed by atoms with Gasteiger partial charge < -0.3 is 0 Å². The summed E-state index contributed by atoms with van der Waals surface area (Å²) in [6.45, 7) is 0. The lowest BCUT2D eigenvalue weighted by Crippen LogP contribution is -2.11. The molecule has 3 nitrogen and oxygen atoms in total. The number of hydrogen-bond acceptors (Lipinski definition) is 3. The fourth-order valence-electron chi connectivity index (χ4n) is 1.21. The van der Waals surface area contributed by atoms with Gasteiger partial charge in [-0.05, 0) is 46.3 Å². The van der Waals surface area contributed by atoms with Gasteiger partial charge in [0.1, 0.15) is 4.21 Å². The van der Waals surface area contributed by atoms with E-state index in [0.29, 0.717) is 19.5 Å². The Morgan fingerprint density at radius 2 is 1.89 bits per heavy atom. The van der Waals surface area contributed by atoms with Crippen LogP contribution >= 0.6 is 50.5 Å². The third-order valence-corrected chi connectivity index (χ3v) is 6.30. The van der Waals surface area contributed by atoms with Crippen LogP contribution in [0.3, 0.4) is 0 Å². The van der Waals surface area contributed by atoms with Crippen LogP contribution in [0.15, 0.2) is 39.0 Å². The molecule has 2 aromatic rings. The van der Waals surface area contributed by atoms with Crippen LogP contribution in [-0.4, -0.2) is 8.42 Å². The van der Waals surface area contributed by atoms with E-state index in [2.05, 4.69) is 20.7 Å². The molecule has 0 unspecified atom stereocenters. The Labute approximate surface area is 127 Å². The van der Waals surface area contributed by atoms with Crippen LogP contribution in [0.2, 0.25) is 9.36 Å². The van der Waals surface area contributed by atoms with E-state index in [1.807, 2.05) is 0 Å². The fourth-order valence-corrected chi connectivity index (χ4v) is 4.24. The lowest BCUT2D eigenvalue weighted by molar-refractivity contribution is 0.603. The van der Waals surface area contributed by atoms with Crippen molar-refractivity contribution in [3.05, 3.63) is 44.2 Å². The molecular formula is C10H6BrCl2NO2S2. The normalized spacial score (nSPS) is 11.5. The molecule has 96 valence electrons. The van der Waals surface area contributed by atoms with Gasteiger partial charge in [0.15, 0.2) is 0 Å². The molecule has 0 bridgehead atoms. The summed E-state index contributed by atoms with van der Waals surface area (Å²) in [6.07, 6.45) is 0. The molecule has 1 aromatic heterocycles. The smallest absolute Gasteiger partial charge is 0.271 e. The maximum Gasteiger partial charge on any atom is 0.271 e. The molecule has 0 amide bonds. The molecule has 0 aliphatic rings. The van der Waals surface area contributed by atoms with E-state index in [0.717, 1.165) is 11.3 Å². The van der Waals surface area contributed by atoms with Crippen LogP contribution in [-0.2, 0) is 10.0 Å². The minimum atomic E-state index is -3.60. The number of anilines is 1. The third-order valence-electron chi connectivity index (χ3n) is 1.99. The summed E-state index contributed by atoms with van der Waals surface area (Å²) in [7, 11) is -3.60. The highest BCUT2D eigenvalue weighted by molar-refractivity contribution is 9.10. The average Bonchev–Trinajstić information content (AvgIpc) is 2.71. The Bertz CT molecular complexity index is 685. The highest BCUT2D eigenvalue weighted by Crippen LogP contribution is 2.29. The number of sulfonamides is 1. The third kappa shape index (κ3) is 3.19. The lowest BCUT2D eigenvalue weighted by atomic mass is 10.3. The van der Waals surface area contributed by atoms with Crippen molar-refractivity contribution >= 4 is 66.2 Å². The molecule has 0 radical (unpaired) electrons. The van der Waals surface area contributed by atoms with Crippen LogP contribution < -0.4 is 4.72 Å². The molecule has 8 heteroatoms. The summed E-state index contributed by atoms with van der Waals surface area (Å²) in [5.41, 5.74) is 0.427. The number of hydrogen-bond donors (Lipinski definition) is 1. The van der Waals surface area contributed by atoms with Gasteiger partial charge in [0.05, 0.1) is 15.0 Å². The zero-order valence-corrected chi connectivity index (χ0v) is 13.4. The molecule has 0 aliphatic carbocycles. The topological polar surface area (TPSA) is 46.2 Å². The highest BCUT2D eigenvalue weighted by Gasteiger charge is 2.16. The van der Waals surface area contributed by atoms with Crippen LogP contribution in [0.25, 0.3) is 0 Å². The Balaban J connectivity index is 2.30. The molecule has 18 heavy (non-hydrogen) atoms. The monoisotopic (exact) mass is 385 g/mol. The summed E-state index contributed by atoms with van der Waals surface area (Å²) in [6, 6.07) is 7.78. The second kappa shape index (κ2) is 5.38. The van der Waals surface area contributed by atoms with E-state index in [1.54, 1.807) is 24.3 Å². The van der Waals surface area contributed by atoms with Crippen LogP contribution in [0.1, 0.15) is 0 Å². The van der Waals surface area contributed by atoms with Gasteiger partial charge in [0.2, 0.25) is 0 Å². The van der Waals surface area contributed by atoms with Crippen molar-refractivity contribution in [2.24, 2.45) is 0 Å². The van der Waals surface area contributed by atoms with Gasteiger partial charge in [0.25, 0.3) is 10.0 Å². The highest BCUT2D eigenvalue weighted by atomic mass is 79.9. The minimum Gasteiger partial charge on any atom is -0.279 e. The molecular weight excluding hydrogens is 381 g/mol. The average molecular weight is 387 g/mol.